The second-order valence-electron chi connectivity index (χ2n) is 4.75. The number of phenols is 1. The highest BCUT2D eigenvalue weighted by Crippen LogP contribution is 2.32. The molecule has 3 fully saturated rings. The normalized spacial score (nSPS) is 22.5. The Labute approximate surface area is 100 Å². The number of phenolic OH excluding ortho intramolecular Hbond substituents is 1. The molecular weight excluding hydrogens is 214 g/mol. The summed E-state index contributed by atoms with van der Waals surface area (Å²) in [5, 5.41) is 9.22. The lowest BCUT2D eigenvalue weighted by molar-refractivity contribution is -0.125. The van der Waals surface area contributed by atoms with Crippen molar-refractivity contribution in [1.82, 2.24) is 4.90 Å². The van der Waals surface area contributed by atoms with E-state index in [0.717, 1.165) is 37.2 Å². The van der Waals surface area contributed by atoms with Crippen LogP contribution in [0.1, 0.15) is 18.4 Å². The maximum absolute atomic E-state index is 12.1. The predicted octanol–water partition coefficient (Wildman–Crippen LogP) is 2.03. The topological polar surface area (TPSA) is 40.5 Å². The zero-order valence-electron chi connectivity index (χ0n) is 9.60. The maximum atomic E-state index is 12.1. The molecule has 3 aliphatic heterocycles. The van der Waals surface area contributed by atoms with Gasteiger partial charge in [-0.05, 0) is 36.6 Å². The second kappa shape index (κ2) is 3.91. The number of Topliss-reactive ketones (excluding diaryl/α,β-unsaturated/α-hetero) is 1. The molecule has 0 atom stereocenters. The molecule has 0 amide bonds. The van der Waals surface area contributed by atoms with Crippen LogP contribution in [0.2, 0.25) is 0 Å². The summed E-state index contributed by atoms with van der Waals surface area (Å²) in [5.74, 6) is 0.780. The van der Waals surface area contributed by atoms with Crippen molar-refractivity contribution in [2.75, 3.05) is 13.1 Å². The Morgan fingerprint density at radius 2 is 1.82 bits per heavy atom. The third-order valence-electron chi connectivity index (χ3n) is 3.66. The van der Waals surface area contributed by atoms with Crippen LogP contribution in [-0.4, -0.2) is 28.9 Å². The van der Waals surface area contributed by atoms with E-state index in [-0.39, 0.29) is 17.5 Å². The molecule has 0 unspecified atom stereocenters. The number of hydrogen-bond donors (Lipinski definition) is 1. The Hall–Kier alpha value is -1.77. The highest BCUT2D eigenvalue weighted by Gasteiger charge is 2.36. The Balaban J connectivity index is 1.93. The number of aromatic hydroxyl groups is 1. The summed E-state index contributed by atoms with van der Waals surface area (Å²) < 4.78 is 0. The number of hydrogen-bond acceptors (Lipinski definition) is 3. The third-order valence-corrected chi connectivity index (χ3v) is 3.66. The Morgan fingerprint density at radius 3 is 2.41 bits per heavy atom. The quantitative estimate of drug-likeness (QED) is 0.749. The van der Waals surface area contributed by atoms with E-state index in [1.54, 1.807) is 12.1 Å². The van der Waals surface area contributed by atoms with Gasteiger partial charge in [-0.3, -0.25) is 4.79 Å². The summed E-state index contributed by atoms with van der Waals surface area (Å²) >= 11 is 0. The fraction of sp³-hybridized carbons (Fsp3) is 0.357. The number of allylic oxidation sites excluding steroid dienone is 1. The van der Waals surface area contributed by atoms with Crippen molar-refractivity contribution in [2.45, 2.75) is 12.8 Å². The van der Waals surface area contributed by atoms with Gasteiger partial charge in [-0.25, -0.2) is 0 Å². The molecule has 1 aromatic carbocycles. The van der Waals surface area contributed by atoms with Crippen LogP contribution in [0.5, 0.6) is 5.75 Å². The van der Waals surface area contributed by atoms with Crippen molar-refractivity contribution in [3.8, 4) is 5.75 Å². The maximum Gasteiger partial charge on any atom is 0.182 e. The van der Waals surface area contributed by atoms with Crippen molar-refractivity contribution in [2.24, 2.45) is 5.92 Å². The summed E-state index contributed by atoms with van der Waals surface area (Å²) in [4.78, 5) is 14.3. The standard InChI is InChI=1S/C14H15NO2/c16-12-3-1-10(2-4-12)9-13-14(17)11-5-7-15(13)8-6-11/h1-4,9,11,16H,5-8H2/b13-9-. The Bertz CT molecular complexity index is 468. The van der Waals surface area contributed by atoms with Gasteiger partial charge in [0.1, 0.15) is 5.75 Å². The van der Waals surface area contributed by atoms with Crippen LogP contribution >= 0.6 is 0 Å². The monoisotopic (exact) mass is 229 g/mol. The molecule has 1 aromatic rings. The van der Waals surface area contributed by atoms with Crippen molar-refractivity contribution in [3.05, 3.63) is 35.5 Å². The van der Waals surface area contributed by atoms with E-state index in [1.807, 2.05) is 18.2 Å². The van der Waals surface area contributed by atoms with Gasteiger partial charge >= 0.3 is 0 Å². The number of carbonyl (C=O) groups excluding carboxylic acids is 1. The van der Waals surface area contributed by atoms with Crippen LogP contribution in [0, 0.1) is 5.92 Å². The van der Waals surface area contributed by atoms with Crippen LogP contribution < -0.4 is 0 Å². The lowest BCUT2D eigenvalue weighted by Gasteiger charge is -2.41. The molecule has 0 aliphatic carbocycles. The van der Waals surface area contributed by atoms with Crippen LogP contribution in [0.4, 0.5) is 0 Å². The summed E-state index contributed by atoms with van der Waals surface area (Å²) in [5.41, 5.74) is 1.82. The van der Waals surface area contributed by atoms with Gasteiger partial charge < -0.3 is 10.0 Å². The fourth-order valence-corrected chi connectivity index (χ4v) is 2.64. The van der Waals surface area contributed by atoms with E-state index in [9.17, 15) is 9.90 Å². The molecule has 3 heteroatoms. The zero-order valence-corrected chi connectivity index (χ0v) is 9.60. The molecule has 17 heavy (non-hydrogen) atoms. The van der Waals surface area contributed by atoms with Gasteiger partial charge in [0.15, 0.2) is 5.78 Å². The number of carbonyl (C=O) groups is 1. The Morgan fingerprint density at radius 1 is 1.18 bits per heavy atom. The van der Waals surface area contributed by atoms with Crippen molar-refractivity contribution in [1.29, 1.82) is 0 Å². The number of piperidine rings is 3. The molecule has 3 nitrogen and oxygen atoms in total. The lowest BCUT2D eigenvalue weighted by atomic mass is 9.84. The first-order valence-corrected chi connectivity index (χ1v) is 6.04. The van der Waals surface area contributed by atoms with Gasteiger partial charge in [0.25, 0.3) is 0 Å². The number of nitrogens with zero attached hydrogens (tertiary/aromatic N) is 1. The summed E-state index contributed by atoms with van der Waals surface area (Å²) in [6, 6.07) is 6.96. The van der Waals surface area contributed by atoms with Crippen molar-refractivity contribution < 1.29 is 9.90 Å². The molecular formula is C14H15NO2. The molecule has 3 aliphatic rings. The van der Waals surface area contributed by atoms with Crippen LogP contribution in [0.25, 0.3) is 6.08 Å². The number of ketones is 1. The first-order chi connectivity index (χ1) is 8.24. The van der Waals surface area contributed by atoms with Gasteiger partial charge in [-0.15, -0.1) is 0 Å². The molecule has 88 valence electrons. The second-order valence-corrected chi connectivity index (χ2v) is 4.75. The minimum atomic E-state index is 0.239. The molecule has 0 aromatic heterocycles. The van der Waals surface area contributed by atoms with Gasteiger partial charge in [0.2, 0.25) is 0 Å². The molecule has 3 saturated heterocycles. The zero-order chi connectivity index (χ0) is 11.8. The number of rotatable bonds is 1. The van der Waals surface area contributed by atoms with Gasteiger partial charge in [-0.1, -0.05) is 12.1 Å². The van der Waals surface area contributed by atoms with Gasteiger partial charge in [0.05, 0.1) is 5.70 Å². The van der Waals surface area contributed by atoms with E-state index < -0.39 is 0 Å². The minimum Gasteiger partial charge on any atom is -0.508 e. The van der Waals surface area contributed by atoms with Crippen molar-refractivity contribution >= 4 is 11.9 Å². The van der Waals surface area contributed by atoms with E-state index in [1.165, 1.54) is 0 Å². The highest BCUT2D eigenvalue weighted by molar-refractivity contribution is 6.01. The SMILES string of the molecule is O=C1/C(=C/c2ccc(O)cc2)N2CCC1CC2. The highest BCUT2D eigenvalue weighted by atomic mass is 16.3. The molecule has 2 bridgehead atoms. The predicted molar refractivity (Wildman–Crippen MR) is 65.4 cm³/mol. The first kappa shape index (κ1) is 10.4. The van der Waals surface area contributed by atoms with Gasteiger partial charge in [0, 0.05) is 19.0 Å². The molecule has 3 heterocycles. The van der Waals surface area contributed by atoms with Gasteiger partial charge in [-0.2, -0.15) is 0 Å². The third kappa shape index (κ3) is 1.82. The molecule has 4 rings (SSSR count). The molecule has 0 saturated carbocycles. The molecule has 1 N–H and O–H groups in total. The van der Waals surface area contributed by atoms with E-state index in [0.29, 0.717) is 0 Å². The van der Waals surface area contributed by atoms with Crippen molar-refractivity contribution in [3.63, 3.8) is 0 Å². The molecule has 0 spiro atoms. The summed E-state index contributed by atoms with van der Waals surface area (Å²) in [7, 11) is 0. The lowest BCUT2D eigenvalue weighted by Crippen LogP contribution is -2.45. The first-order valence-electron chi connectivity index (χ1n) is 6.04. The minimum absolute atomic E-state index is 0.239. The fourth-order valence-electron chi connectivity index (χ4n) is 2.64. The number of fused-ring (bicyclic) bond motifs is 3. The largest absolute Gasteiger partial charge is 0.508 e. The van der Waals surface area contributed by atoms with Crippen LogP contribution in [-0.2, 0) is 4.79 Å². The van der Waals surface area contributed by atoms with E-state index >= 15 is 0 Å². The van der Waals surface area contributed by atoms with Crippen LogP contribution in [0.15, 0.2) is 30.0 Å². The summed E-state index contributed by atoms with van der Waals surface area (Å²) in [6.45, 7) is 2.00. The molecule has 0 radical (unpaired) electrons. The Kier molecular flexibility index (Phi) is 2.39. The van der Waals surface area contributed by atoms with Crippen LogP contribution in [0.3, 0.4) is 0 Å². The average molecular weight is 229 g/mol. The summed E-state index contributed by atoms with van der Waals surface area (Å²) in [6.07, 6.45) is 3.95. The smallest absolute Gasteiger partial charge is 0.182 e. The average Bonchev–Trinajstić information content (AvgIpc) is 2.37. The van der Waals surface area contributed by atoms with E-state index in [2.05, 4.69) is 4.90 Å². The number of benzene rings is 1. The van der Waals surface area contributed by atoms with E-state index in [4.69, 9.17) is 0 Å².